The number of benzene rings is 1. The van der Waals surface area contributed by atoms with E-state index in [1.165, 1.54) is 19.1 Å². The maximum Gasteiger partial charge on any atom is 0.421 e. The van der Waals surface area contributed by atoms with E-state index < -0.39 is 29.3 Å². The van der Waals surface area contributed by atoms with E-state index in [-0.39, 0.29) is 31.4 Å². The van der Waals surface area contributed by atoms with Crippen molar-refractivity contribution in [3.63, 3.8) is 0 Å². The molecule has 1 aliphatic rings. The molecule has 1 aromatic carbocycles. The van der Waals surface area contributed by atoms with Crippen LogP contribution in [0.25, 0.3) is 0 Å². The highest BCUT2D eigenvalue weighted by Gasteiger charge is 2.41. The van der Waals surface area contributed by atoms with Gasteiger partial charge in [0, 0.05) is 25.6 Å². The first-order valence-corrected chi connectivity index (χ1v) is 9.96. The Labute approximate surface area is 182 Å². The molecule has 1 saturated heterocycles. The third kappa shape index (κ3) is 5.04. The predicted molar refractivity (Wildman–Crippen MR) is 109 cm³/mol. The molecule has 11 heteroatoms. The Morgan fingerprint density at radius 3 is 2.47 bits per heavy atom. The van der Waals surface area contributed by atoms with Gasteiger partial charge in [-0.1, -0.05) is 12.1 Å². The summed E-state index contributed by atoms with van der Waals surface area (Å²) in [5.41, 5.74) is -2.07. The number of alkyl halides is 3. The Kier molecular flexibility index (Phi) is 7.07. The van der Waals surface area contributed by atoms with E-state index in [1.54, 1.807) is 31.2 Å². The van der Waals surface area contributed by atoms with Gasteiger partial charge in [0.15, 0.2) is 5.82 Å². The van der Waals surface area contributed by atoms with Crippen molar-refractivity contribution in [1.82, 2.24) is 9.78 Å². The number of carbonyl (C=O) groups is 1. The van der Waals surface area contributed by atoms with Crippen LogP contribution in [0.15, 0.2) is 35.1 Å². The number of rotatable bonds is 7. The molecule has 0 N–H and O–H groups in total. The van der Waals surface area contributed by atoms with Gasteiger partial charge in [0.05, 0.1) is 26.9 Å². The topological polar surface area (TPSA) is 82.9 Å². The second-order valence-electron chi connectivity index (χ2n) is 7.23. The van der Waals surface area contributed by atoms with Crippen molar-refractivity contribution < 1.29 is 32.2 Å². The Bertz CT molecular complexity index is 1010. The SMILES string of the molecule is CCO[C@H]1C[C@@H](C(=O)OC)N(c2cc(C(F)(F)F)c(=O)n(Cc3ccc(OC)cc3)n2)C1. The molecule has 3 rings (SSSR count). The fourth-order valence-corrected chi connectivity index (χ4v) is 3.65. The van der Waals surface area contributed by atoms with Crippen LogP contribution in [0.4, 0.5) is 19.0 Å². The van der Waals surface area contributed by atoms with Crippen molar-refractivity contribution in [2.75, 3.05) is 32.3 Å². The van der Waals surface area contributed by atoms with Gasteiger partial charge in [-0.2, -0.15) is 18.3 Å². The number of hydrogen-bond donors (Lipinski definition) is 0. The van der Waals surface area contributed by atoms with Gasteiger partial charge in [0.25, 0.3) is 5.56 Å². The van der Waals surface area contributed by atoms with Gasteiger partial charge in [0.1, 0.15) is 17.4 Å². The van der Waals surface area contributed by atoms with Crippen LogP contribution in [-0.2, 0) is 27.0 Å². The van der Waals surface area contributed by atoms with Crippen LogP contribution in [0.2, 0.25) is 0 Å². The molecule has 2 heterocycles. The zero-order valence-corrected chi connectivity index (χ0v) is 17.9. The molecule has 0 amide bonds. The molecule has 0 saturated carbocycles. The van der Waals surface area contributed by atoms with Gasteiger partial charge in [0.2, 0.25) is 0 Å². The van der Waals surface area contributed by atoms with Crippen LogP contribution < -0.4 is 15.2 Å². The average molecular weight is 455 g/mol. The molecule has 0 spiro atoms. The molecule has 2 aromatic rings. The molecule has 0 bridgehead atoms. The van der Waals surface area contributed by atoms with Crippen LogP contribution in [0.5, 0.6) is 5.75 Å². The summed E-state index contributed by atoms with van der Waals surface area (Å²) in [7, 11) is 2.69. The summed E-state index contributed by atoms with van der Waals surface area (Å²) in [4.78, 5) is 26.2. The number of carbonyl (C=O) groups excluding carboxylic acids is 1. The number of methoxy groups -OCH3 is 2. The summed E-state index contributed by atoms with van der Waals surface area (Å²) in [5.74, 6) is -0.197. The first-order chi connectivity index (χ1) is 15.2. The van der Waals surface area contributed by atoms with Gasteiger partial charge in [-0.05, 0) is 24.6 Å². The number of ether oxygens (including phenoxy) is 3. The highest BCUT2D eigenvalue weighted by atomic mass is 19.4. The zero-order chi connectivity index (χ0) is 23.5. The predicted octanol–water partition coefficient (Wildman–Crippen LogP) is 2.48. The van der Waals surface area contributed by atoms with E-state index in [4.69, 9.17) is 14.2 Å². The molecule has 1 aromatic heterocycles. The molecule has 2 atom stereocenters. The molecular weight excluding hydrogens is 431 g/mol. The maximum absolute atomic E-state index is 13.7. The van der Waals surface area contributed by atoms with Crippen LogP contribution in [0, 0.1) is 0 Å². The minimum absolute atomic E-state index is 0.138. The van der Waals surface area contributed by atoms with Crippen molar-refractivity contribution >= 4 is 11.8 Å². The second-order valence-corrected chi connectivity index (χ2v) is 7.23. The Morgan fingerprint density at radius 2 is 1.91 bits per heavy atom. The molecule has 0 aliphatic carbocycles. The fraction of sp³-hybridized carbons (Fsp3) is 0.476. The smallest absolute Gasteiger partial charge is 0.421 e. The first-order valence-electron chi connectivity index (χ1n) is 9.96. The normalized spacial score (nSPS) is 18.6. The molecule has 174 valence electrons. The van der Waals surface area contributed by atoms with Gasteiger partial charge < -0.3 is 19.1 Å². The van der Waals surface area contributed by atoms with E-state index in [0.29, 0.717) is 24.0 Å². The summed E-state index contributed by atoms with van der Waals surface area (Å²) in [5, 5.41) is 4.16. The maximum atomic E-state index is 13.7. The molecular formula is C21H24F3N3O5. The van der Waals surface area contributed by atoms with E-state index in [9.17, 15) is 22.8 Å². The molecule has 1 fully saturated rings. The van der Waals surface area contributed by atoms with Crippen molar-refractivity contribution in [3.05, 3.63) is 51.8 Å². The van der Waals surface area contributed by atoms with E-state index in [1.807, 2.05) is 0 Å². The third-order valence-electron chi connectivity index (χ3n) is 5.19. The Hall–Kier alpha value is -3.08. The lowest BCUT2D eigenvalue weighted by Gasteiger charge is -2.25. The number of anilines is 1. The summed E-state index contributed by atoms with van der Waals surface area (Å²) in [6, 6.07) is 6.33. The summed E-state index contributed by atoms with van der Waals surface area (Å²) < 4.78 is 57.2. The third-order valence-corrected chi connectivity index (χ3v) is 5.19. The van der Waals surface area contributed by atoms with Gasteiger partial charge in [-0.3, -0.25) is 4.79 Å². The quantitative estimate of drug-likeness (QED) is 0.593. The molecule has 8 nitrogen and oxygen atoms in total. The highest BCUT2D eigenvalue weighted by Crippen LogP contribution is 2.32. The standard InChI is InChI=1S/C21H24F3N3O5/c1-4-32-15-9-17(20(29)31-3)26(12-15)18-10-16(21(22,23)24)19(28)27(25-18)11-13-5-7-14(30-2)8-6-13/h5-8,10,15,17H,4,9,11-12H2,1-3H3/t15-,17-/m0/s1. The number of aromatic nitrogens is 2. The highest BCUT2D eigenvalue weighted by molar-refractivity contribution is 5.80. The molecule has 0 radical (unpaired) electrons. The van der Waals surface area contributed by atoms with E-state index in [2.05, 4.69) is 5.10 Å². The average Bonchev–Trinajstić information content (AvgIpc) is 3.18. The van der Waals surface area contributed by atoms with Crippen LogP contribution >= 0.6 is 0 Å². The Balaban J connectivity index is 2.05. The minimum atomic E-state index is -4.89. The summed E-state index contributed by atoms with van der Waals surface area (Å²) >= 11 is 0. The van der Waals surface area contributed by atoms with E-state index >= 15 is 0 Å². The monoisotopic (exact) mass is 455 g/mol. The zero-order valence-electron chi connectivity index (χ0n) is 17.9. The van der Waals surface area contributed by atoms with Crippen molar-refractivity contribution in [2.45, 2.75) is 38.2 Å². The van der Waals surface area contributed by atoms with Crippen LogP contribution in [0.3, 0.4) is 0 Å². The number of hydrogen-bond acceptors (Lipinski definition) is 7. The summed E-state index contributed by atoms with van der Waals surface area (Å²) in [6.07, 6.45) is -5.04. The Morgan fingerprint density at radius 1 is 1.22 bits per heavy atom. The summed E-state index contributed by atoms with van der Waals surface area (Å²) in [6.45, 7) is 2.11. The number of esters is 1. The van der Waals surface area contributed by atoms with Crippen LogP contribution in [0.1, 0.15) is 24.5 Å². The lowest BCUT2D eigenvalue weighted by Crippen LogP contribution is -2.40. The van der Waals surface area contributed by atoms with Crippen molar-refractivity contribution in [1.29, 1.82) is 0 Å². The largest absolute Gasteiger partial charge is 0.497 e. The van der Waals surface area contributed by atoms with Crippen LogP contribution in [-0.4, -0.2) is 55.3 Å². The molecule has 32 heavy (non-hydrogen) atoms. The lowest BCUT2D eigenvalue weighted by molar-refractivity contribution is -0.142. The number of halogens is 3. The molecule has 1 aliphatic heterocycles. The van der Waals surface area contributed by atoms with Crippen molar-refractivity contribution in [2.24, 2.45) is 0 Å². The number of nitrogens with zero attached hydrogens (tertiary/aromatic N) is 3. The fourth-order valence-electron chi connectivity index (χ4n) is 3.65. The minimum Gasteiger partial charge on any atom is -0.497 e. The molecule has 0 unspecified atom stereocenters. The van der Waals surface area contributed by atoms with Crippen molar-refractivity contribution in [3.8, 4) is 5.75 Å². The second kappa shape index (κ2) is 9.60. The lowest BCUT2D eigenvalue weighted by atomic mass is 10.2. The van der Waals surface area contributed by atoms with Gasteiger partial charge in [-0.15, -0.1) is 0 Å². The van der Waals surface area contributed by atoms with Gasteiger partial charge >= 0.3 is 12.1 Å². The van der Waals surface area contributed by atoms with Gasteiger partial charge in [-0.25, -0.2) is 9.48 Å². The van der Waals surface area contributed by atoms with E-state index in [0.717, 1.165) is 4.68 Å². The first kappa shape index (κ1) is 23.6.